The summed E-state index contributed by atoms with van der Waals surface area (Å²) in [5.41, 5.74) is 4.07. The molecule has 0 atom stereocenters. The molecule has 0 aliphatic carbocycles. The Morgan fingerprint density at radius 2 is 1.81 bits per heavy atom. The number of nitrogens with zero attached hydrogens (tertiary/aromatic N) is 7. The molecule has 5 aromatic rings. The van der Waals surface area contributed by atoms with Crippen molar-refractivity contribution in [3.63, 3.8) is 0 Å². The van der Waals surface area contributed by atoms with Gasteiger partial charge < -0.3 is 9.88 Å². The number of H-pyrrole nitrogens is 1. The number of hydrogen-bond donors (Lipinski definition) is 1. The van der Waals surface area contributed by atoms with Gasteiger partial charge in [0.1, 0.15) is 15.4 Å². The van der Waals surface area contributed by atoms with Gasteiger partial charge in [-0.1, -0.05) is 53.0 Å². The molecule has 0 spiro atoms. The number of aromatic nitrogens is 5. The van der Waals surface area contributed by atoms with Crippen LogP contribution >= 0.6 is 22.7 Å². The Kier molecular flexibility index (Phi) is 5.23. The van der Waals surface area contributed by atoms with E-state index in [1.54, 1.807) is 6.21 Å². The van der Waals surface area contributed by atoms with E-state index < -0.39 is 0 Å². The number of aromatic amines is 1. The van der Waals surface area contributed by atoms with Gasteiger partial charge in [0.15, 0.2) is 0 Å². The molecule has 10 heteroatoms. The largest absolute Gasteiger partial charge is 0.378 e. The Bertz CT molecular complexity index is 1440. The van der Waals surface area contributed by atoms with E-state index in [-0.39, 0.29) is 0 Å². The maximum atomic E-state index is 4.53. The fourth-order valence-electron chi connectivity index (χ4n) is 3.03. The lowest BCUT2D eigenvalue weighted by molar-refractivity contribution is 0.904. The standard InChI is InChI=1S/C21H18N8S2/c1-29(2)14-9-7-13(8-10-14)11-22-20-27-25-17(30-20)12-23-21-28-26-18-15-5-3-4-6-16(15)24-19(18)31-21/h3-11,24H,12H2,1-2H3/b22-11+,23-21?. The molecule has 3 aromatic heterocycles. The summed E-state index contributed by atoms with van der Waals surface area (Å²) < 4.78 is 0. The van der Waals surface area contributed by atoms with Crippen molar-refractivity contribution in [1.82, 2.24) is 25.4 Å². The highest BCUT2D eigenvalue weighted by Crippen LogP contribution is 2.23. The van der Waals surface area contributed by atoms with Gasteiger partial charge in [0.2, 0.25) is 9.93 Å². The Morgan fingerprint density at radius 3 is 2.65 bits per heavy atom. The van der Waals surface area contributed by atoms with Gasteiger partial charge in [-0.2, -0.15) is 0 Å². The number of benzene rings is 2. The summed E-state index contributed by atoms with van der Waals surface area (Å²) in [4.78, 5) is 15.9. The summed E-state index contributed by atoms with van der Waals surface area (Å²) in [5, 5.41) is 19.4. The van der Waals surface area contributed by atoms with Crippen molar-refractivity contribution in [2.45, 2.75) is 6.54 Å². The summed E-state index contributed by atoms with van der Waals surface area (Å²) in [5.74, 6) is 0. The van der Waals surface area contributed by atoms with Gasteiger partial charge >= 0.3 is 0 Å². The molecule has 0 unspecified atom stereocenters. The van der Waals surface area contributed by atoms with Crippen LogP contribution in [0.5, 0.6) is 0 Å². The van der Waals surface area contributed by atoms with Crippen LogP contribution in [0.25, 0.3) is 21.3 Å². The average Bonchev–Trinajstić information content (AvgIpc) is 3.40. The highest BCUT2D eigenvalue weighted by atomic mass is 32.1. The predicted molar refractivity (Wildman–Crippen MR) is 126 cm³/mol. The van der Waals surface area contributed by atoms with Crippen LogP contribution in [0.3, 0.4) is 0 Å². The molecule has 0 fully saturated rings. The minimum atomic E-state index is 0.391. The van der Waals surface area contributed by atoms with E-state index in [9.17, 15) is 0 Å². The molecule has 2 aromatic carbocycles. The van der Waals surface area contributed by atoms with E-state index in [0.29, 0.717) is 16.5 Å². The molecule has 1 N–H and O–H groups in total. The third-order valence-corrected chi connectivity index (χ3v) is 6.32. The van der Waals surface area contributed by atoms with Crippen molar-refractivity contribution >= 4 is 61.0 Å². The lowest BCUT2D eigenvalue weighted by atomic mass is 10.2. The zero-order valence-electron chi connectivity index (χ0n) is 16.9. The second-order valence-electron chi connectivity index (χ2n) is 6.97. The van der Waals surface area contributed by atoms with Crippen LogP contribution in [0.4, 0.5) is 10.8 Å². The lowest BCUT2D eigenvalue weighted by Crippen LogP contribution is -2.08. The van der Waals surface area contributed by atoms with E-state index in [1.807, 2.05) is 50.5 Å². The van der Waals surface area contributed by atoms with Crippen molar-refractivity contribution in [3.8, 4) is 0 Å². The summed E-state index contributed by atoms with van der Waals surface area (Å²) in [7, 11) is 4.03. The molecule has 5 rings (SSSR count). The minimum Gasteiger partial charge on any atom is -0.378 e. The van der Waals surface area contributed by atoms with Crippen LogP contribution < -0.4 is 9.70 Å². The van der Waals surface area contributed by atoms with E-state index in [4.69, 9.17) is 0 Å². The first kappa shape index (κ1) is 19.5. The van der Waals surface area contributed by atoms with Gasteiger partial charge in [0.05, 0.1) is 6.54 Å². The van der Waals surface area contributed by atoms with E-state index in [1.165, 1.54) is 22.7 Å². The highest BCUT2D eigenvalue weighted by molar-refractivity contribution is 7.15. The molecule has 8 nitrogen and oxygen atoms in total. The van der Waals surface area contributed by atoms with Gasteiger partial charge in [0.25, 0.3) is 0 Å². The molecule has 0 radical (unpaired) electrons. The fraction of sp³-hybridized carbons (Fsp3) is 0.143. The van der Waals surface area contributed by atoms with Gasteiger partial charge in [-0.25, -0.2) is 9.98 Å². The molecule has 0 amide bonds. The maximum absolute atomic E-state index is 4.53. The highest BCUT2D eigenvalue weighted by Gasteiger charge is 2.07. The first-order valence-corrected chi connectivity index (χ1v) is 11.2. The molecule has 0 aliphatic rings. The zero-order chi connectivity index (χ0) is 21.2. The molecule has 31 heavy (non-hydrogen) atoms. The van der Waals surface area contributed by atoms with Crippen molar-refractivity contribution in [2.24, 2.45) is 9.98 Å². The van der Waals surface area contributed by atoms with Crippen molar-refractivity contribution in [3.05, 3.63) is 63.9 Å². The molecule has 0 saturated heterocycles. The van der Waals surface area contributed by atoms with Crippen molar-refractivity contribution in [2.75, 3.05) is 19.0 Å². The molecule has 0 aliphatic heterocycles. The molecular formula is C21H18N8S2. The van der Waals surface area contributed by atoms with E-state index >= 15 is 0 Å². The lowest BCUT2D eigenvalue weighted by Gasteiger charge is -2.11. The van der Waals surface area contributed by atoms with Gasteiger partial charge in [-0.3, -0.25) is 0 Å². The van der Waals surface area contributed by atoms with Crippen molar-refractivity contribution < 1.29 is 0 Å². The number of hydrogen-bond acceptors (Lipinski definition) is 9. The van der Waals surface area contributed by atoms with Crippen LogP contribution in [-0.4, -0.2) is 45.7 Å². The summed E-state index contributed by atoms with van der Waals surface area (Å²) in [6.07, 6.45) is 1.79. The predicted octanol–water partition coefficient (Wildman–Crippen LogP) is 3.94. The zero-order valence-corrected chi connectivity index (χ0v) is 18.5. The fourth-order valence-corrected chi connectivity index (χ4v) is 4.44. The summed E-state index contributed by atoms with van der Waals surface area (Å²) >= 11 is 2.89. The number of anilines is 1. The van der Waals surface area contributed by atoms with Crippen molar-refractivity contribution in [1.29, 1.82) is 0 Å². The van der Waals surface area contributed by atoms with Gasteiger partial charge in [-0.05, 0) is 23.8 Å². The third-order valence-electron chi connectivity index (χ3n) is 4.61. The second-order valence-corrected chi connectivity index (χ2v) is 8.99. The maximum Gasteiger partial charge on any atom is 0.231 e. The normalized spacial score (nSPS) is 12.4. The molecule has 0 saturated carbocycles. The third kappa shape index (κ3) is 4.21. The Hall–Kier alpha value is -3.50. The summed E-state index contributed by atoms with van der Waals surface area (Å²) in [6.45, 7) is 0.391. The van der Waals surface area contributed by atoms with Gasteiger partial charge in [0, 0.05) is 36.9 Å². The number of para-hydroxylation sites is 1. The van der Waals surface area contributed by atoms with E-state index in [0.717, 1.165) is 37.5 Å². The second kappa shape index (κ2) is 8.32. The van der Waals surface area contributed by atoms with Crippen LogP contribution in [0.1, 0.15) is 10.6 Å². The Balaban J connectivity index is 1.31. The minimum absolute atomic E-state index is 0.391. The first-order valence-electron chi connectivity index (χ1n) is 9.54. The SMILES string of the molecule is CN(C)c1ccc(/C=N/c2nnc(CN=c3nnc4c([nH]c5ccccc54)s3)s2)cc1. The van der Waals surface area contributed by atoms with Gasteiger partial charge in [-0.15, -0.1) is 20.4 Å². The number of rotatable bonds is 5. The molecule has 154 valence electrons. The topological polar surface area (TPSA) is 95.3 Å². The smallest absolute Gasteiger partial charge is 0.231 e. The summed E-state index contributed by atoms with van der Waals surface area (Å²) in [6, 6.07) is 16.2. The average molecular weight is 447 g/mol. The molecule has 3 heterocycles. The van der Waals surface area contributed by atoms with Crippen LogP contribution in [0.2, 0.25) is 0 Å². The monoisotopic (exact) mass is 446 g/mol. The van der Waals surface area contributed by atoms with Crippen LogP contribution in [-0.2, 0) is 6.54 Å². The first-order chi connectivity index (χ1) is 15.2. The van der Waals surface area contributed by atoms with Crippen LogP contribution in [0, 0.1) is 0 Å². The van der Waals surface area contributed by atoms with E-state index in [2.05, 4.69) is 52.4 Å². The molecule has 0 bridgehead atoms. The number of fused-ring (bicyclic) bond motifs is 3. The molecular weight excluding hydrogens is 428 g/mol. The quantitative estimate of drug-likeness (QED) is 0.413. The van der Waals surface area contributed by atoms with Crippen LogP contribution in [0.15, 0.2) is 58.5 Å². The number of nitrogens with one attached hydrogen (secondary N) is 1. The Labute approximate surface area is 185 Å². The Morgan fingerprint density at radius 1 is 0.968 bits per heavy atom. The number of aliphatic imine (C=N–C) groups is 1.